The monoisotopic (exact) mass is 204 g/mol. The lowest BCUT2D eigenvalue weighted by atomic mass is 10.8. The van der Waals surface area contributed by atoms with Crippen LogP contribution < -0.4 is 0 Å². The zero-order valence-electron chi connectivity index (χ0n) is 6.77. The maximum absolute atomic E-state index is 10.2. The van der Waals surface area contributed by atoms with Gasteiger partial charge in [-0.05, 0) is 0 Å². The molecule has 0 aromatic heterocycles. The van der Waals surface area contributed by atoms with Gasteiger partial charge >= 0.3 is 14.1 Å². The lowest BCUT2D eigenvalue weighted by molar-refractivity contribution is -0.134. The van der Waals surface area contributed by atoms with Crippen molar-refractivity contribution in [2.24, 2.45) is 0 Å². The van der Waals surface area contributed by atoms with Crippen LogP contribution in [-0.4, -0.2) is 47.4 Å². The van der Waals surface area contributed by atoms with Crippen molar-refractivity contribution in [1.82, 2.24) is 0 Å². The highest BCUT2D eigenvalue weighted by Crippen LogP contribution is 2.05. The summed E-state index contributed by atoms with van der Waals surface area (Å²) in [4.78, 5) is 30.7. The van der Waals surface area contributed by atoms with E-state index in [0.717, 1.165) is 0 Å². The summed E-state index contributed by atoms with van der Waals surface area (Å²) in [6.07, 6.45) is 0. The summed E-state index contributed by atoms with van der Waals surface area (Å²) in [5.74, 6) is -3.38. The highest BCUT2D eigenvalue weighted by Gasteiger charge is 2.26. The first-order valence-electron chi connectivity index (χ1n) is 3.57. The first kappa shape index (κ1) is 11.9. The second-order valence-electron chi connectivity index (χ2n) is 2.66. The zero-order valence-corrected chi connectivity index (χ0v) is 7.92. The van der Waals surface area contributed by atoms with Gasteiger partial charge in [0.25, 0.3) is 17.9 Å². The van der Waals surface area contributed by atoms with Gasteiger partial charge in [-0.1, -0.05) is 0 Å². The van der Waals surface area contributed by atoms with E-state index in [0.29, 0.717) is 0 Å². The van der Waals surface area contributed by atoms with Gasteiger partial charge < -0.3 is 15.3 Å². The molecule has 6 nitrogen and oxygen atoms in total. The van der Waals surface area contributed by atoms with E-state index in [1.165, 1.54) is 0 Å². The van der Waals surface area contributed by atoms with Gasteiger partial charge in [0.15, 0.2) is 0 Å². The lowest BCUT2D eigenvalue weighted by Crippen LogP contribution is -2.23. The number of rotatable bonds is 6. The van der Waals surface area contributed by atoms with Crippen LogP contribution in [0.2, 0.25) is 15.8 Å². The van der Waals surface area contributed by atoms with Gasteiger partial charge in [0.1, 0.15) is 0 Å². The molecule has 0 rings (SSSR count). The molecule has 0 spiro atoms. The number of carboxylic acids is 3. The van der Waals surface area contributed by atoms with Crippen molar-refractivity contribution in [3.05, 3.63) is 0 Å². The molecule has 0 radical (unpaired) electrons. The third-order valence-electron chi connectivity index (χ3n) is 1.39. The largest absolute Gasteiger partial charge is 0.482 e. The van der Waals surface area contributed by atoms with Gasteiger partial charge in [-0.3, -0.25) is 14.4 Å². The fourth-order valence-electron chi connectivity index (χ4n) is 0.957. The molecule has 7 heteroatoms. The highest BCUT2D eigenvalue weighted by molar-refractivity contribution is 6.67. The van der Waals surface area contributed by atoms with E-state index in [4.69, 9.17) is 15.3 Å². The first-order valence-corrected chi connectivity index (χ1v) is 6.02. The standard InChI is InChI=1S/3C2H3O2.Al/c3*1-2(3)4;/h3*1H2,(H,3,4);. The molecule has 0 saturated carbocycles. The van der Waals surface area contributed by atoms with Gasteiger partial charge in [-0.25, -0.2) is 0 Å². The van der Waals surface area contributed by atoms with E-state index in [1.54, 1.807) is 0 Å². The van der Waals surface area contributed by atoms with E-state index in [1.807, 2.05) is 0 Å². The minimum Gasteiger partial charge on any atom is -0.482 e. The Morgan fingerprint density at radius 3 is 1.15 bits per heavy atom. The Balaban J connectivity index is 4.10. The number of hydrogen-bond donors (Lipinski definition) is 3. The fourth-order valence-corrected chi connectivity index (χ4v) is 2.87. The van der Waals surface area contributed by atoms with E-state index < -0.39 is 32.1 Å². The average Bonchev–Trinajstić information content (AvgIpc) is 1.80. The van der Waals surface area contributed by atoms with Crippen molar-refractivity contribution in [3.8, 4) is 0 Å². The minimum atomic E-state index is -2.21. The van der Waals surface area contributed by atoms with Gasteiger partial charge in [-0.2, -0.15) is 0 Å². The Morgan fingerprint density at radius 1 is 0.769 bits per heavy atom. The lowest BCUT2D eigenvalue weighted by Gasteiger charge is -2.02. The minimum absolute atomic E-state index is 0.293. The second-order valence-corrected chi connectivity index (χ2v) is 5.62. The summed E-state index contributed by atoms with van der Waals surface area (Å²) < 4.78 is 0. The van der Waals surface area contributed by atoms with Crippen molar-refractivity contribution in [2.45, 2.75) is 15.8 Å². The summed E-state index contributed by atoms with van der Waals surface area (Å²) in [5.41, 5.74) is 0. The van der Waals surface area contributed by atoms with Crippen LogP contribution in [-0.2, 0) is 14.4 Å². The quantitative estimate of drug-likeness (QED) is 0.513. The molecule has 0 aliphatic carbocycles. The molecule has 72 valence electrons. The molecule has 0 saturated heterocycles. The van der Waals surface area contributed by atoms with Crippen molar-refractivity contribution in [1.29, 1.82) is 0 Å². The molecular weight excluding hydrogens is 195 g/mol. The van der Waals surface area contributed by atoms with Gasteiger partial charge in [0.2, 0.25) is 0 Å². The zero-order chi connectivity index (χ0) is 10.4. The number of carbonyl (C=O) groups is 3. The van der Waals surface area contributed by atoms with Crippen molar-refractivity contribution in [2.75, 3.05) is 0 Å². The molecule has 0 fully saturated rings. The van der Waals surface area contributed by atoms with E-state index >= 15 is 0 Å². The van der Waals surface area contributed by atoms with Crippen LogP contribution in [0.3, 0.4) is 0 Å². The summed E-state index contributed by atoms with van der Waals surface area (Å²) in [6.45, 7) is 0. The number of hydrogen-bond acceptors (Lipinski definition) is 3. The Hall–Kier alpha value is -1.06. The van der Waals surface area contributed by atoms with Gasteiger partial charge in [0.05, 0.1) is 0 Å². The molecule has 0 atom stereocenters. The molecule has 13 heavy (non-hydrogen) atoms. The molecule has 0 unspecified atom stereocenters. The third-order valence-corrected chi connectivity index (χ3v) is 4.17. The van der Waals surface area contributed by atoms with E-state index in [9.17, 15) is 14.4 Å². The smallest absolute Gasteiger partial charge is 0.309 e. The molecule has 3 N–H and O–H groups in total. The average molecular weight is 204 g/mol. The Labute approximate surface area is 78.2 Å². The maximum Gasteiger partial charge on any atom is 0.309 e. The van der Waals surface area contributed by atoms with Crippen LogP contribution in [0.4, 0.5) is 0 Å². The first-order chi connectivity index (χ1) is 5.91. The van der Waals surface area contributed by atoms with Crippen LogP contribution in [0.25, 0.3) is 0 Å². The SMILES string of the molecule is O=C(O)[CH2][Al]([CH2]C(=O)O)[CH2]C(=O)O. The van der Waals surface area contributed by atoms with E-state index in [-0.39, 0.29) is 15.8 Å². The molecule has 0 aromatic carbocycles. The molecule has 0 heterocycles. The van der Waals surface area contributed by atoms with Crippen molar-refractivity contribution in [3.63, 3.8) is 0 Å². The van der Waals surface area contributed by atoms with Crippen LogP contribution >= 0.6 is 0 Å². The topological polar surface area (TPSA) is 112 Å². The Morgan fingerprint density at radius 2 is 1.00 bits per heavy atom. The van der Waals surface area contributed by atoms with Crippen LogP contribution in [0.15, 0.2) is 0 Å². The molecular formula is C6H9AlO6. The predicted octanol–water partition coefficient (Wildman–Crippen LogP) is -0.265. The molecule has 0 bridgehead atoms. The number of aliphatic carboxylic acids is 3. The van der Waals surface area contributed by atoms with Gasteiger partial charge in [0, 0.05) is 15.8 Å². The molecule has 0 aliphatic heterocycles. The van der Waals surface area contributed by atoms with Crippen LogP contribution in [0, 0.1) is 0 Å². The van der Waals surface area contributed by atoms with Crippen molar-refractivity contribution >= 4 is 32.1 Å². The summed E-state index contributed by atoms with van der Waals surface area (Å²) in [5, 5.41) is 24.2. The molecule has 0 amide bonds. The summed E-state index contributed by atoms with van der Waals surface area (Å²) >= 11 is -2.21. The van der Waals surface area contributed by atoms with Crippen LogP contribution in [0.1, 0.15) is 0 Å². The Bertz CT molecular complexity index is 187. The normalized spacial score (nSPS) is 9.23. The number of carboxylic acid groups (broad SMARTS) is 3. The van der Waals surface area contributed by atoms with Crippen LogP contribution in [0.5, 0.6) is 0 Å². The summed E-state index contributed by atoms with van der Waals surface area (Å²) in [6, 6.07) is 0. The maximum atomic E-state index is 10.2. The molecule has 0 aromatic rings. The summed E-state index contributed by atoms with van der Waals surface area (Å²) in [7, 11) is 0. The fraction of sp³-hybridized carbons (Fsp3) is 0.500. The van der Waals surface area contributed by atoms with Crippen molar-refractivity contribution < 1.29 is 29.7 Å². The second kappa shape index (κ2) is 5.56. The van der Waals surface area contributed by atoms with E-state index in [2.05, 4.69) is 0 Å². The third kappa shape index (κ3) is 7.31. The Kier molecular flexibility index (Phi) is 5.11. The molecule has 0 aliphatic rings. The highest BCUT2D eigenvalue weighted by atomic mass is 27.2. The van der Waals surface area contributed by atoms with Gasteiger partial charge in [-0.15, -0.1) is 0 Å². The predicted molar refractivity (Wildman–Crippen MR) is 43.1 cm³/mol.